The molecular weight excluding hydrogens is 366 g/mol. The summed E-state index contributed by atoms with van der Waals surface area (Å²) in [7, 11) is -3.56. The van der Waals surface area contributed by atoms with Gasteiger partial charge >= 0.3 is 0 Å². The van der Waals surface area contributed by atoms with Gasteiger partial charge in [-0.05, 0) is 59.6 Å². The molecule has 0 atom stereocenters. The zero-order valence-corrected chi connectivity index (χ0v) is 16.5. The van der Waals surface area contributed by atoms with Crippen LogP contribution in [0.1, 0.15) is 24.0 Å². The minimum absolute atomic E-state index is 0.530. The van der Waals surface area contributed by atoms with Gasteiger partial charge in [0.15, 0.2) is 0 Å². The Morgan fingerprint density at radius 3 is 2.29 bits per heavy atom. The highest BCUT2D eigenvalue weighted by Gasteiger charge is 2.26. The maximum Gasteiger partial charge on any atom is 0.283 e. The SMILES string of the molecule is O=S(=O)(C#Cc1ccc2ccccc2c1)N1CCC(Cc2ccccc2)CC1. The van der Waals surface area contributed by atoms with E-state index in [1.165, 1.54) is 9.87 Å². The van der Waals surface area contributed by atoms with E-state index in [0.29, 0.717) is 19.0 Å². The molecule has 3 aromatic rings. The van der Waals surface area contributed by atoms with E-state index in [1.807, 2.05) is 48.5 Å². The van der Waals surface area contributed by atoms with Gasteiger partial charge in [-0.3, -0.25) is 0 Å². The van der Waals surface area contributed by atoms with Crippen molar-refractivity contribution >= 4 is 20.8 Å². The Morgan fingerprint density at radius 1 is 0.857 bits per heavy atom. The summed E-state index contributed by atoms with van der Waals surface area (Å²) in [5.41, 5.74) is 2.04. The van der Waals surface area contributed by atoms with E-state index in [1.54, 1.807) is 0 Å². The summed E-state index contributed by atoms with van der Waals surface area (Å²) >= 11 is 0. The molecule has 0 radical (unpaired) electrons. The summed E-state index contributed by atoms with van der Waals surface area (Å²) in [5.74, 6) is 3.38. The third-order valence-corrected chi connectivity index (χ3v) is 6.76. The second-order valence-electron chi connectivity index (χ2n) is 7.33. The van der Waals surface area contributed by atoms with Crippen molar-refractivity contribution in [1.82, 2.24) is 4.31 Å². The monoisotopic (exact) mass is 389 g/mol. The predicted octanol–water partition coefficient (Wildman–Crippen LogP) is 4.43. The third kappa shape index (κ3) is 4.44. The Morgan fingerprint density at radius 2 is 1.54 bits per heavy atom. The highest BCUT2D eigenvalue weighted by Crippen LogP contribution is 2.23. The van der Waals surface area contributed by atoms with Crippen LogP contribution in [-0.2, 0) is 16.4 Å². The normalized spacial score (nSPS) is 15.9. The number of sulfonamides is 1. The molecule has 0 spiro atoms. The second-order valence-corrected chi connectivity index (χ2v) is 9.00. The van der Waals surface area contributed by atoms with E-state index >= 15 is 0 Å². The van der Waals surface area contributed by atoms with Crippen LogP contribution in [0.25, 0.3) is 10.8 Å². The summed E-state index contributed by atoms with van der Waals surface area (Å²) in [6, 6.07) is 24.2. The molecule has 0 saturated carbocycles. The van der Waals surface area contributed by atoms with Crippen LogP contribution >= 0.6 is 0 Å². The van der Waals surface area contributed by atoms with Gasteiger partial charge in [-0.1, -0.05) is 60.7 Å². The first-order valence-corrected chi connectivity index (χ1v) is 11.1. The van der Waals surface area contributed by atoms with Gasteiger partial charge in [0.1, 0.15) is 0 Å². The van der Waals surface area contributed by atoms with Crippen molar-refractivity contribution in [2.75, 3.05) is 13.1 Å². The van der Waals surface area contributed by atoms with Gasteiger partial charge in [0.2, 0.25) is 0 Å². The van der Waals surface area contributed by atoms with Crippen LogP contribution in [0.15, 0.2) is 72.8 Å². The molecule has 1 saturated heterocycles. The summed E-state index contributed by atoms with van der Waals surface area (Å²) < 4.78 is 26.8. The summed E-state index contributed by atoms with van der Waals surface area (Å²) in [6.07, 6.45) is 2.77. The number of hydrogen-bond acceptors (Lipinski definition) is 2. The first-order valence-electron chi connectivity index (χ1n) is 9.66. The van der Waals surface area contributed by atoms with Crippen molar-refractivity contribution in [3.05, 3.63) is 83.9 Å². The first-order chi connectivity index (χ1) is 13.6. The number of benzene rings is 3. The fourth-order valence-electron chi connectivity index (χ4n) is 3.76. The highest BCUT2D eigenvalue weighted by molar-refractivity contribution is 7.93. The van der Waals surface area contributed by atoms with Gasteiger partial charge in [-0.2, -0.15) is 12.7 Å². The van der Waals surface area contributed by atoms with Crippen molar-refractivity contribution < 1.29 is 8.42 Å². The van der Waals surface area contributed by atoms with Crippen molar-refractivity contribution in [2.24, 2.45) is 5.92 Å². The molecule has 3 nitrogen and oxygen atoms in total. The second kappa shape index (κ2) is 8.18. The van der Waals surface area contributed by atoms with Crippen LogP contribution in [0, 0.1) is 17.1 Å². The lowest BCUT2D eigenvalue weighted by atomic mass is 9.91. The molecule has 3 aromatic carbocycles. The molecule has 0 aliphatic carbocycles. The van der Waals surface area contributed by atoms with Gasteiger partial charge in [-0.25, -0.2) is 0 Å². The first kappa shape index (κ1) is 18.7. The molecular formula is C24H23NO2S. The third-order valence-electron chi connectivity index (χ3n) is 5.35. The van der Waals surface area contributed by atoms with Crippen molar-refractivity contribution in [1.29, 1.82) is 0 Å². The van der Waals surface area contributed by atoms with E-state index < -0.39 is 10.0 Å². The maximum absolute atomic E-state index is 12.6. The van der Waals surface area contributed by atoms with Crippen LogP contribution < -0.4 is 0 Å². The average molecular weight is 390 g/mol. The summed E-state index contributed by atoms with van der Waals surface area (Å²) in [5, 5.41) is 4.71. The van der Waals surface area contributed by atoms with Gasteiger partial charge in [0, 0.05) is 23.9 Å². The molecule has 0 bridgehead atoms. The lowest BCUT2D eigenvalue weighted by Crippen LogP contribution is -2.38. The molecule has 28 heavy (non-hydrogen) atoms. The lowest BCUT2D eigenvalue weighted by Gasteiger charge is -2.29. The molecule has 1 fully saturated rings. The Hall–Kier alpha value is -2.61. The van der Waals surface area contributed by atoms with E-state index in [4.69, 9.17) is 0 Å². The van der Waals surface area contributed by atoms with Crippen molar-refractivity contribution in [3.63, 3.8) is 0 Å². The molecule has 0 unspecified atom stereocenters. The summed E-state index contributed by atoms with van der Waals surface area (Å²) in [6.45, 7) is 1.10. The fourth-order valence-corrected chi connectivity index (χ4v) is 4.82. The van der Waals surface area contributed by atoms with Crippen LogP contribution in [0.5, 0.6) is 0 Å². The number of piperidine rings is 1. The van der Waals surface area contributed by atoms with Crippen LogP contribution in [-0.4, -0.2) is 25.8 Å². The molecule has 4 rings (SSSR count). The molecule has 0 aromatic heterocycles. The van der Waals surface area contributed by atoms with E-state index in [2.05, 4.69) is 35.4 Å². The highest BCUT2D eigenvalue weighted by atomic mass is 32.2. The molecule has 1 aliphatic rings. The predicted molar refractivity (Wildman–Crippen MR) is 114 cm³/mol. The molecule has 142 valence electrons. The van der Waals surface area contributed by atoms with Gasteiger partial charge in [-0.15, -0.1) is 0 Å². The Kier molecular flexibility index (Phi) is 5.47. The Labute approximate surface area is 167 Å². The molecule has 1 heterocycles. The minimum Gasteiger partial charge on any atom is -0.198 e. The van der Waals surface area contributed by atoms with Gasteiger partial charge < -0.3 is 0 Å². The Balaban J connectivity index is 1.41. The number of hydrogen-bond donors (Lipinski definition) is 0. The number of fused-ring (bicyclic) bond motifs is 1. The van der Waals surface area contributed by atoms with Gasteiger partial charge in [0.25, 0.3) is 10.0 Å². The van der Waals surface area contributed by atoms with Crippen molar-refractivity contribution in [2.45, 2.75) is 19.3 Å². The Bertz CT molecular complexity index is 1120. The molecule has 0 N–H and O–H groups in total. The van der Waals surface area contributed by atoms with Crippen LogP contribution in [0.2, 0.25) is 0 Å². The van der Waals surface area contributed by atoms with Gasteiger partial charge in [0.05, 0.1) is 0 Å². The molecule has 4 heteroatoms. The van der Waals surface area contributed by atoms with Crippen molar-refractivity contribution in [3.8, 4) is 11.2 Å². The van der Waals surface area contributed by atoms with Crippen LogP contribution in [0.3, 0.4) is 0 Å². The quantitative estimate of drug-likeness (QED) is 0.621. The molecule has 0 amide bonds. The number of rotatable bonds is 3. The van der Waals surface area contributed by atoms with E-state index in [9.17, 15) is 8.42 Å². The standard InChI is InChI=1S/C24H23NO2S/c26-28(27,17-14-21-10-11-23-8-4-5-9-24(23)19-21)25-15-12-22(13-16-25)18-20-6-2-1-3-7-20/h1-11,19,22H,12-13,15-16,18H2. The minimum atomic E-state index is -3.56. The maximum atomic E-state index is 12.6. The number of nitrogens with zero attached hydrogens (tertiary/aromatic N) is 1. The molecule has 1 aliphatic heterocycles. The largest absolute Gasteiger partial charge is 0.283 e. The fraction of sp³-hybridized carbons (Fsp3) is 0.250. The smallest absolute Gasteiger partial charge is 0.198 e. The average Bonchev–Trinajstić information content (AvgIpc) is 2.73. The van der Waals surface area contributed by atoms with E-state index in [-0.39, 0.29) is 0 Å². The topological polar surface area (TPSA) is 37.4 Å². The zero-order chi connectivity index (χ0) is 19.4. The van der Waals surface area contributed by atoms with E-state index in [0.717, 1.165) is 35.6 Å². The summed E-state index contributed by atoms with van der Waals surface area (Å²) in [4.78, 5) is 0. The van der Waals surface area contributed by atoms with Crippen LogP contribution in [0.4, 0.5) is 0 Å². The lowest BCUT2D eigenvalue weighted by molar-refractivity contribution is 0.275. The zero-order valence-electron chi connectivity index (χ0n) is 15.7.